The van der Waals surface area contributed by atoms with Crippen molar-refractivity contribution < 1.29 is 4.79 Å². The molecule has 1 rings (SSSR count). The second kappa shape index (κ2) is 6.74. The van der Waals surface area contributed by atoms with Crippen molar-refractivity contribution in [3.63, 3.8) is 0 Å². The van der Waals surface area contributed by atoms with Crippen molar-refractivity contribution in [1.82, 2.24) is 5.32 Å². The number of amides is 1. The molecule has 110 valence electrons. The Morgan fingerprint density at radius 1 is 1.35 bits per heavy atom. The molecule has 1 amide bonds. The Balaban J connectivity index is 2.55. The standard InChI is InChI=1S/C18H27NO/c1-7-15(4)18(5,6)11-17(20)19-12-16-9-8-13(2)14(3)10-16/h7-10,15H,1,11-12H2,2-6H3,(H,19,20). The molecule has 2 nitrogen and oxygen atoms in total. The number of carbonyl (C=O) groups is 1. The maximum atomic E-state index is 12.1. The zero-order chi connectivity index (χ0) is 15.3. The van der Waals surface area contributed by atoms with Gasteiger partial charge in [0.05, 0.1) is 0 Å². The predicted molar refractivity (Wildman–Crippen MR) is 85.5 cm³/mol. The van der Waals surface area contributed by atoms with Gasteiger partial charge in [-0.25, -0.2) is 0 Å². The second-order valence-corrected chi connectivity index (χ2v) is 6.39. The summed E-state index contributed by atoms with van der Waals surface area (Å²) >= 11 is 0. The quantitative estimate of drug-likeness (QED) is 0.775. The maximum absolute atomic E-state index is 12.1. The van der Waals surface area contributed by atoms with Gasteiger partial charge in [-0.15, -0.1) is 6.58 Å². The number of allylic oxidation sites excluding steroid dienone is 1. The van der Waals surface area contributed by atoms with Gasteiger partial charge in [0.15, 0.2) is 0 Å². The van der Waals surface area contributed by atoms with Gasteiger partial charge >= 0.3 is 0 Å². The van der Waals surface area contributed by atoms with Crippen LogP contribution in [0.25, 0.3) is 0 Å². The van der Waals surface area contributed by atoms with Crippen molar-refractivity contribution in [2.24, 2.45) is 11.3 Å². The topological polar surface area (TPSA) is 29.1 Å². The molecule has 1 aromatic rings. The van der Waals surface area contributed by atoms with E-state index in [1.807, 2.05) is 6.08 Å². The van der Waals surface area contributed by atoms with E-state index in [2.05, 4.69) is 64.7 Å². The van der Waals surface area contributed by atoms with E-state index >= 15 is 0 Å². The highest BCUT2D eigenvalue weighted by atomic mass is 16.1. The van der Waals surface area contributed by atoms with Gasteiger partial charge in [-0.3, -0.25) is 4.79 Å². The summed E-state index contributed by atoms with van der Waals surface area (Å²) < 4.78 is 0. The summed E-state index contributed by atoms with van der Waals surface area (Å²) in [4.78, 5) is 12.1. The van der Waals surface area contributed by atoms with Crippen LogP contribution in [-0.2, 0) is 11.3 Å². The lowest BCUT2D eigenvalue weighted by Gasteiger charge is -2.29. The average Bonchev–Trinajstić information content (AvgIpc) is 2.38. The minimum Gasteiger partial charge on any atom is -0.352 e. The van der Waals surface area contributed by atoms with E-state index in [1.54, 1.807) is 0 Å². The third-order valence-electron chi connectivity index (χ3n) is 4.26. The Labute approximate surface area is 123 Å². The molecule has 0 aliphatic carbocycles. The highest BCUT2D eigenvalue weighted by Gasteiger charge is 2.26. The van der Waals surface area contributed by atoms with Crippen LogP contribution >= 0.6 is 0 Å². The molecule has 0 aromatic heterocycles. The fourth-order valence-corrected chi connectivity index (χ4v) is 2.07. The molecule has 0 heterocycles. The van der Waals surface area contributed by atoms with Crippen molar-refractivity contribution >= 4 is 5.91 Å². The van der Waals surface area contributed by atoms with Crippen LogP contribution in [0.2, 0.25) is 0 Å². The first-order valence-electron chi connectivity index (χ1n) is 7.21. The van der Waals surface area contributed by atoms with Gasteiger partial charge in [0.1, 0.15) is 0 Å². The Bertz CT molecular complexity index is 488. The lowest BCUT2D eigenvalue weighted by Crippen LogP contribution is -2.31. The Morgan fingerprint density at radius 2 is 2.00 bits per heavy atom. The molecule has 2 heteroatoms. The zero-order valence-electron chi connectivity index (χ0n) is 13.4. The van der Waals surface area contributed by atoms with Gasteiger partial charge in [-0.2, -0.15) is 0 Å². The molecule has 1 atom stereocenters. The van der Waals surface area contributed by atoms with E-state index in [4.69, 9.17) is 0 Å². The smallest absolute Gasteiger partial charge is 0.220 e. The number of nitrogens with one attached hydrogen (secondary N) is 1. The number of benzene rings is 1. The van der Waals surface area contributed by atoms with Crippen molar-refractivity contribution in [2.75, 3.05) is 0 Å². The first-order valence-corrected chi connectivity index (χ1v) is 7.21. The minimum atomic E-state index is -0.0605. The monoisotopic (exact) mass is 273 g/mol. The maximum Gasteiger partial charge on any atom is 0.220 e. The highest BCUT2D eigenvalue weighted by molar-refractivity contribution is 5.76. The van der Waals surface area contributed by atoms with Gasteiger partial charge in [-0.05, 0) is 41.9 Å². The summed E-state index contributed by atoms with van der Waals surface area (Å²) in [5.74, 6) is 0.414. The summed E-state index contributed by atoms with van der Waals surface area (Å²) in [6.45, 7) is 14.9. The first-order chi connectivity index (χ1) is 9.26. The number of rotatable bonds is 6. The number of hydrogen-bond acceptors (Lipinski definition) is 1. The molecule has 0 aliphatic rings. The third kappa shape index (κ3) is 4.52. The summed E-state index contributed by atoms with van der Waals surface area (Å²) in [5, 5.41) is 3.01. The largest absolute Gasteiger partial charge is 0.352 e. The van der Waals surface area contributed by atoms with Crippen LogP contribution in [0.1, 0.15) is 43.9 Å². The number of hydrogen-bond donors (Lipinski definition) is 1. The first kappa shape index (κ1) is 16.5. The number of aryl methyl sites for hydroxylation is 2. The van der Waals surface area contributed by atoms with Gasteiger partial charge in [0.2, 0.25) is 5.91 Å². The molecule has 0 radical (unpaired) electrons. The van der Waals surface area contributed by atoms with Crippen LogP contribution in [0.5, 0.6) is 0 Å². The van der Waals surface area contributed by atoms with Crippen molar-refractivity contribution in [2.45, 2.75) is 47.6 Å². The van der Waals surface area contributed by atoms with Crippen molar-refractivity contribution in [1.29, 1.82) is 0 Å². The second-order valence-electron chi connectivity index (χ2n) is 6.39. The molecule has 1 aromatic carbocycles. The molecule has 20 heavy (non-hydrogen) atoms. The van der Waals surface area contributed by atoms with Crippen LogP contribution in [0.3, 0.4) is 0 Å². The molecule has 0 saturated carbocycles. The summed E-state index contributed by atoms with van der Waals surface area (Å²) in [5.41, 5.74) is 3.63. The van der Waals surface area contributed by atoms with Gasteiger partial charge in [0, 0.05) is 13.0 Å². The SMILES string of the molecule is C=CC(C)C(C)(C)CC(=O)NCc1ccc(C)c(C)c1. The van der Waals surface area contributed by atoms with Gasteiger partial charge < -0.3 is 5.32 Å². The molecule has 0 saturated heterocycles. The van der Waals surface area contributed by atoms with Gasteiger partial charge in [0.25, 0.3) is 0 Å². The normalized spacial score (nSPS) is 12.8. The molecule has 1 unspecified atom stereocenters. The molecular weight excluding hydrogens is 246 g/mol. The van der Waals surface area contributed by atoms with Crippen LogP contribution in [0.4, 0.5) is 0 Å². The van der Waals surface area contributed by atoms with Crippen molar-refractivity contribution in [3.8, 4) is 0 Å². The van der Waals surface area contributed by atoms with E-state index in [1.165, 1.54) is 11.1 Å². The van der Waals surface area contributed by atoms with E-state index in [9.17, 15) is 4.79 Å². The highest BCUT2D eigenvalue weighted by Crippen LogP contribution is 2.31. The zero-order valence-corrected chi connectivity index (χ0v) is 13.4. The summed E-state index contributed by atoms with van der Waals surface area (Å²) in [6.07, 6.45) is 2.43. The Morgan fingerprint density at radius 3 is 2.55 bits per heavy atom. The summed E-state index contributed by atoms with van der Waals surface area (Å²) in [6, 6.07) is 6.30. The predicted octanol–water partition coefficient (Wildman–Crippen LogP) is 4.16. The fourth-order valence-electron chi connectivity index (χ4n) is 2.07. The third-order valence-corrected chi connectivity index (χ3v) is 4.26. The lowest BCUT2D eigenvalue weighted by molar-refractivity contribution is -0.123. The molecule has 0 bridgehead atoms. The van der Waals surface area contributed by atoms with E-state index < -0.39 is 0 Å². The van der Waals surface area contributed by atoms with Crippen LogP contribution in [0.15, 0.2) is 30.9 Å². The average molecular weight is 273 g/mol. The Kier molecular flexibility index (Phi) is 5.55. The summed E-state index contributed by atoms with van der Waals surface area (Å²) in [7, 11) is 0. The van der Waals surface area contributed by atoms with E-state index in [0.29, 0.717) is 18.9 Å². The van der Waals surface area contributed by atoms with Crippen molar-refractivity contribution in [3.05, 3.63) is 47.5 Å². The van der Waals surface area contributed by atoms with E-state index in [0.717, 1.165) is 5.56 Å². The minimum absolute atomic E-state index is 0.0605. The number of carbonyl (C=O) groups excluding carboxylic acids is 1. The molecule has 0 spiro atoms. The van der Waals surface area contributed by atoms with Crippen LogP contribution in [0, 0.1) is 25.2 Å². The molecule has 1 N–H and O–H groups in total. The van der Waals surface area contributed by atoms with E-state index in [-0.39, 0.29) is 11.3 Å². The fraction of sp³-hybridized carbons (Fsp3) is 0.500. The molecular formula is C18H27NO. The molecule has 0 fully saturated rings. The van der Waals surface area contributed by atoms with Crippen LogP contribution in [-0.4, -0.2) is 5.91 Å². The van der Waals surface area contributed by atoms with Crippen LogP contribution < -0.4 is 5.32 Å². The molecule has 0 aliphatic heterocycles. The Hall–Kier alpha value is -1.57. The lowest BCUT2D eigenvalue weighted by atomic mass is 9.77. The van der Waals surface area contributed by atoms with Gasteiger partial charge in [-0.1, -0.05) is 45.0 Å².